The third kappa shape index (κ3) is 3.30. The van der Waals surface area contributed by atoms with Crippen LogP contribution in [0.25, 0.3) is 0 Å². The van der Waals surface area contributed by atoms with E-state index in [0.29, 0.717) is 5.56 Å². The molecular weight excluding hydrogens is 196 g/mol. The molecule has 0 aliphatic carbocycles. The average molecular weight is 208 g/mol. The summed E-state index contributed by atoms with van der Waals surface area (Å²) in [5.74, 6) is 0. The van der Waals surface area contributed by atoms with Gasteiger partial charge in [-0.1, -0.05) is 23.4 Å². The van der Waals surface area contributed by atoms with Crippen LogP contribution >= 0.6 is 0 Å². The van der Waals surface area contributed by atoms with Gasteiger partial charge in [0.2, 0.25) is 0 Å². The second kappa shape index (κ2) is 4.99. The Balaban J connectivity index is 2.84. The van der Waals surface area contributed by atoms with Crippen LogP contribution in [0.3, 0.4) is 0 Å². The number of nitrogens with one attached hydrogen (secondary N) is 1. The van der Waals surface area contributed by atoms with Crippen molar-refractivity contribution >= 4 is 12.3 Å². The highest BCUT2D eigenvalue weighted by molar-refractivity contribution is 5.79. The van der Waals surface area contributed by atoms with Crippen LogP contribution in [0.2, 0.25) is 0 Å². The van der Waals surface area contributed by atoms with Crippen LogP contribution in [-0.4, -0.2) is 22.6 Å². The molecule has 1 rings (SSSR count). The first-order valence-electron chi connectivity index (χ1n) is 4.40. The van der Waals surface area contributed by atoms with E-state index >= 15 is 0 Å². The molecule has 0 bridgehead atoms. The molecule has 0 heterocycles. The SMILES string of the molecule is CC(NC(=O)O)c1cccc(C=NO)c1. The van der Waals surface area contributed by atoms with E-state index < -0.39 is 6.09 Å². The molecule has 1 amide bonds. The van der Waals surface area contributed by atoms with Crippen molar-refractivity contribution in [3.8, 4) is 0 Å². The number of amides is 1. The maximum Gasteiger partial charge on any atom is 0.405 e. The van der Waals surface area contributed by atoms with E-state index in [9.17, 15) is 4.79 Å². The van der Waals surface area contributed by atoms with E-state index in [4.69, 9.17) is 10.3 Å². The van der Waals surface area contributed by atoms with Crippen molar-refractivity contribution in [2.75, 3.05) is 0 Å². The summed E-state index contributed by atoms with van der Waals surface area (Å²) in [5.41, 5.74) is 1.53. The first-order valence-corrected chi connectivity index (χ1v) is 4.40. The molecule has 0 aliphatic rings. The van der Waals surface area contributed by atoms with E-state index in [1.54, 1.807) is 31.2 Å². The summed E-state index contributed by atoms with van der Waals surface area (Å²) in [5, 5.41) is 22.1. The molecule has 0 radical (unpaired) electrons. The number of oxime groups is 1. The minimum atomic E-state index is -1.07. The molecule has 80 valence electrons. The second-order valence-corrected chi connectivity index (χ2v) is 3.09. The van der Waals surface area contributed by atoms with Gasteiger partial charge in [-0.05, 0) is 24.1 Å². The molecule has 1 unspecified atom stereocenters. The fourth-order valence-electron chi connectivity index (χ4n) is 1.24. The van der Waals surface area contributed by atoms with Crippen LogP contribution in [0.4, 0.5) is 4.79 Å². The zero-order chi connectivity index (χ0) is 11.3. The lowest BCUT2D eigenvalue weighted by molar-refractivity contribution is 0.191. The van der Waals surface area contributed by atoms with Crippen molar-refractivity contribution in [2.45, 2.75) is 13.0 Å². The van der Waals surface area contributed by atoms with Crippen molar-refractivity contribution in [1.29, 1.82) is 0 Å². The molecule has 0 aliphatic heterocycles. The van der Waals surface area contributed by atoms with Crippen LogP contribution in [0.1, 0.15) is 24.1 Å². The van der Waals surface area contributed by atoms with Gasteiger partial charge in [0.15, 0.2) is 0 Å². The molecule has 0 spiro atoms. The molecule has 5 nitrogen and oxygen atoms in total. The highest BCUT2D eigenvalue weighted by Crippen LogP contribution is 2.13. The first-order chi connectivity index (χ1) is 7.13. The molecule has 1 aromatic carbocycles. The zero-order valence-electron chi connectivity index (χ0n) is 8.21. The summed E-state index contributed by atoms with van der Waals surface area (Å²) < 4.78 is 0. The maximum atomic E-state index is 10.4. The lowest BCUT2D eigenvalue weighted by Gasteiger charge is -2.11. The number of benzene rings is 1. The first kappa shape index (κ1) is 11.0. The number of hydrogen-bond acceptors (Lipinski definition) is 3. The van der Waals surface area contributed by atoms with Gasteiger partial charge in [0.25, 0.3) is 0 Å². The van der Waals surface area contributed by atoms with Gasteiger partial charge in [0.1, 0.15) is 0 Å². The Hall–Kier alpha value is -2.04. The Morgan fingerprint density at radius 1 is 1.60 bits per heavy atom. The van der Waals surface area contributed by atoms with Crippen molar-refractivity contribution in [2.24, 2.45) is 5.16 Å². The van der Waals surface area contributed by atoms with Gasteiger partial charge in [-0.25, -0.2) is 4.79 Å². The lowest BCUT2D eigenvalue weighted by Crippen LogP contribution is -2.24. The maximum absolute atomic E-state index is 10.4. The molecule has 15 heavy (non-hydrogen) atoms. The van der Waals surface area contributed by atoms with Crippen LogP contribution < -0.4 is 5.32 Å². The standard InChI is InChI=1S/C10H12N2O3/c1-7(12-10(13)14)9-4-2-3-8(5-9)6-11-15/h2-7,12,15H,1H3,(H,13,14). The quantitative estimate of drug-likeness (QED) is 0.402. The van der Waals surface area contributed by atoms with Crippen molar-refractivity contribution in [3.63, 3.8) is 0 Å². The van der Waals surface area contributed by atoms with E-state index in [2.05, 4.69) is 10.5 Å². The molecule has 0 fully saturated rings. The van der Waals surface area contributed by atoms with Crippen molar-refractivity contribution in [1.82, 2.24) is 5.32 Å². The average Bonchev–Trinajstić information content (AvgIpc) is 2.17. The van der Waals surface area contributed by atoms with Gasteiger partial charge in [-0.2, -0.15) is 0 Å². The van der Waals surface area contributed by atoms with Crippen molar-refractivity contribution < 1.29 is 15.1 Å². The molecule has 1 aromatic rings. The molecule has 3 N–H and O–H groups in total. The minimum Gasteiger partial charge on any atom is -0.465 e. The number of nitrogens with zero attached hydrogens (tertiary/aromatic N) is 1. The third-order valence-corrected chi connectivity index (χ3v) is 1.96. The van der Waals surface area contributed by atoms with E-state index in [-0.39, 0.29) is 6.04 Å². The van der Waals surface area contributed by atoms with E-state index in [1.165, 1.54) is 6.21 Å². The number of hydrogen-bond donors (Lipinski definition) is 3. The second-order valence-electron chi connectivity index (χ2n) is 3.09. The fraction of sp³-hybridized carbons (Fsp3) is 0.200. The highest BCUT2D eigenvalue weighted by atomic mass is 16.4. The van der Waals surface area contributed by atoms with Crippen LogP contribution in [0.15, 0.2) is 29.4 Å². The monoisotopic (exact) mass is 208 g/mol. The van der Waals surface area contributed by atoms with Crippen LogP contribution in [-0.2, 0) is 0 Å². The van der Waals surface area contributed by atoms with Gasteiger partial charge in [0.05, 0.1) is 12.3 Å². The third-order valence-electron chi connectivity index (χ3n) is 1.96. The Bertz CT molecular complexity index is 377. The lowest BCUT2D eigenvalue weighted by atomic mass is 10.1. The summed E-state index contributed by atoms with van der Waals surface area (Å²) in [4.78, 5) is 10.4. The predicted molar refractivity (Wildman–Crippen MR) is 55.4 cm³/mol. The molecule has 0 saturated carbocycles. The summed E-state index contributed by atoms with van der Waals surface area (Å²) >= 11 is 0. The molecular formula is C10H12N2O3. The Kier molecular flexibility index (Phi) is 3.68. The Labute approximate surface area is 87.0 Å². The van der Waals surface area contributed by atoms with Gasteiger partial charge >= 0.3 is 6.09 Å². The van der Waals surface area contributed by atoms with Gasteiger partial charge < -0.3 is 15.6 Å². The van der Waals surface area contributed by atoms with Crippen molar-refractivity contribution in [3.05, 3.63) is 35.4 Å². The van der Waals surface area contributed by atoms with Crippen LogP contribution in [0.5, 0.6) is 0 Å². The Morgan fingerprint density at radius 3 is 2.93 bits per heavy atom. The smallest absolute Gasteiger partial charge is 0.405 e. The molecule has 1 atom stereocenters. The summed E-state index contributed by atoms with van der Waals surface area (Å²) in [7, 11) is 0. The number of rotatable bonds is 3. The van der Waals surface area contributed by atoms with Gasteiger partial charge in [-0.3, -0.25) is 0 Å². The van der Waals surface area contributed by atoms with Gasteiger partial charge in [-0.15, -0.1) is 0 Å². The topological polar surface area (TPSA) is 81.9 Å². The summed E-state index contributed by atoms with van der Waals surface area (Å²) in [6.45, 7) is 1.74. The van der Waals surface area contributed by atoms with Gasteiger partial charge in [0, 0.05) is 0 Å². The van der Waals surface area contributed by atoms with Crippen LogP contribution in [0, 0.1) is 0 Å². The highest BCUT2D eigenvalue weighted by Gasteiger charge is 2.07. The predicted octanol–water partition coefficient (Wildman–Crippen LogP) is 1.82. The molecule has 5 heteroatoms. The summed E-state index contributed by atoms with van der Waals surface area (Å²) in [6, 6.07) is 6.79. The van der Waals surface area contributed by atoms with E-state index in [1.807, 2.05) is 0 Å². The summed E-state index contributed by atoms with van der Waals surface area (Å²) in [6.07, 6.45) is 0.223. The number of carboxylic acid groups (broad SMARTS) is 1. The fourth-order valence-corrected chi connectivity index (χ4v) is 1.24. The largest absolute Gasteiger partial charge is 0.465 e. The zero-order valence-corrected chi connectivity index (χ0v) is 8.21. The minimum absolute atomic E-state index is 0.297. The molecule has 0 saturated heterocycles. The Morgan fingerprint density at radius 2 is 2.33 bits per heavy atom. The van der Waals surface area contributed by atoms with E-state index in [0.717, 1.165) is 5.56 Å². The molecule has 0 aromatic heterocycles. The normalized spacial score (nSPS) is 12.6. The number of carbonyl (C=O) groups is 1.